The molecule has 0 aliphatic carbocycles. The third-order valence-corrected chi connectivity index (χ3v) is 3.84. The molecule has 1 aromatic rings. The fraction of sp³-hybridized carbons (Fsp3) is 0.692. The van der Waals surface area contributed by atoms with Crippen molar-refractivity contribution < 1.29 is 5.11 Å². The lowest BCUT2D eigenvalue weighted by Gasteiger charge is -2.22. The summed E-state index contributed by atoms with van der Waals surface area (Å²) in [5.74, 6) is 0.686. The number of thiophene rings is 1. The second-order valence-electron chi connectivity index (χ2n) is 4.90. The van der Waals surface area contributed by atoms with Gasteiger partial charge in [0.25, 0.3) is 0 Å². The van der Waals surface area contributed by atoms with Crippen LogP contribution in [0.5, 0.6) is 0 Å². The Morgan fingerprint density at radius 3 is 2.50 bits per heavy atom. The minimum atomic E-state index is 0.0914. The van der Waals surface area contributed by atoms with Gasteiger partial charge in [0.2, 0.25) is 0 Å². The summed E-state index contributed by atoms with van der Waals surface area (Å²) in [5, 5.41) is 15.0. The highest BCUT2D eigenvalue weighted by molar-refractivity contribution is 7.10. The molecule has 2 unspecified atom stereocenters. The normalized spacial score (nSPS) is 15.4. The van der Waals surface area contributed by atoms with Crippen LogP contribution in [0.25, 0.3) is 0 Å². The van der Waals surface area contributed by atoms with E-state index in [2.05, 4.69) is 44.5 Å². The molecule has 2 N–H and O–H groups in total. The van der Waals surface area contributed by atoms with Gasteiger partial charge in [0.1, 0.15) is 0 Å². The molecule has 1 aromatic heterocycles. The molecule has 3 heteroatoms. The smallest absolute Gasteiger partial charge is 0.0654 e. The number of nitrogens with one attached hydrogen (secondary N) is 1. The van der Waals surface area contributed by atoms with Gasteiger partial charge in [-0.05, 0) is 43.2 Å². The van der Waals surface area contributed by atoms with Crippen LogP contribution in [0.15, 0.2) is 11.4 Å². The molecular formula is C13H23NOS. The topological polar surface area (TPSA) is 32.3 Å². The van der Waals surface area contributed by atoms with Crippen LogP contribution in [0.3, 0.4) is 0 Å². The van der Waals surface area contributed by atoms with E-state index < -0.39 is 0 Å². The highest BCUT2D eigenvalue weighted by Crippen LogP contribution is 2.24. The molecule has 0 aliphatic heterocycles. The Kier molecular flexibility index (Phi) is 5.46. The average molecular weight is 241 g/mol. The first kappa shape index (κ1) is 13.7. The van der Waals surface area contributed by atoms with Crippen LogP contribution in [0.4, 0.5) is 0 Å². The molecule has 92 valence electrons. The van der Waals surface area contributed by atoms with Crippen molar-refractivity contribution in [2.24, 2.45) is 5.92 Å². The van der Waals surface area contributed by atoms with E-state index >= 15 is 0 Å². The third kappa shape index (κ3) is 3.89. The number of hydrogen-bond acceptors (Lipinski definition) is 3. The molecule has 1 heterocycles. The van der Waals surface area contributed by atoms with Gasteiger partial charge < -0.3 is 10.4 Å². The van der Waals surface area contributed by atoms with E-state index in [0.717, 1.165) is 6.42 Å². The highest BCUT2D eigenvalue weighted by atomic mass is 32.1. The fourth-order valence-corrected chi connectivity index (χ4v) is 3.05. The SMILES string of the molecule is Cc1ccsc1C(CO)NC(C)CC(C)C. The lowest BCUT2D eigenvalue weighted by molar-refractivity contribution is 0.231. The van der Waals surface area contributed by atoms with Gasteiger partial charge in [-0.3, -0.25) is 0 Å². The van der Waals surface area contributed by atoms with E-state index in [1.165, 1.54) is 10.4 Å². The average Bonchev–Trinajstić information content (AvgIpc) is 2.60. The Hall–Kier alpha value is -0.380. The van der Waals surface area contributed by atoms with Gasteiger partial charge in [0.05, 0.1) is 12.6 Å². The number of aliphatic hydroxyl groups excluding tert-OH is 1. The number of rotatable bonds is 6. The summed E-state index contributed by atoms with van der Waals surface area (Å²) >= 11 is 1.72. The zero-order valence-electron chi connectivity index (χ0n) is 10.7. The predicted molar refractivity (Wildman–Crippen MR) is 70.9 cm³/mol. The third-order valence-electron chi connectivity index (χ3n) is 2.71. The zero-order chi connectivity index (χ0) is 12.1. The molecule has 0 aromatic carbocycles. The molecule has 0 fully saturated rings. The maximum Gasteiger partial charge on any atom is 0.0654 e. The van der Waals surface area contributed by atoms with E-state index in [0.29, 0.717) is 12.0 Å². The van der Waals surface area contributed by atoms with Crippen molar-refractivity contribution in [3.8, 4) is 0 Å². The van der Waals surface area contributed by atoms with Crippen molar-refractivity contribution in [1.29, 1.82) is 0 Å². The van der Waals surface area contributed by atoms with E-state index in [9.17, 15) is 5.11 Å². The molecule has 0 radical (unpaired) electrons. The Morgan fingerprint density at radius 1 is 1.38 bits per heavy atom. The molecule has 16 heavy (non-hydrogen) atoms. The number of hydrogen-bond donors (Lipinski definition) is 2. The van der Waals surface area contributed by atoms with Gasteiger partial charge in [0.15, 0.2) is 0 Å². The van der Waals surface area contributed by atoms with Gasteiger partial charge in [-0.2, -0.15) is 0 Å². The summed E-state index contributed by atoms with van der Waals surface area (Å²) in [7, 11) is 0. The Morgan fingerprint density at radius 2 is 2.06 bits per heavy atom. The summed E-state index contributed by atoms with van der Waals surface area (Å²) in [6.45, 7) is 8.91. The lowest BCUT2D eigenvalue weighted by atomic mass is 10.0. The monoisotopic (exact) mass is 241 g/mol. The van der Waals surface area contributed by atoms with Crippen molar-refractivity contribution in [3.63, 3.8) is 0 Å². The molecule has 0 aliphatic rings. The summed E-state index contributed by atoms with van der Waals surface area (Å²) in [5.41, 5.74) is 1.27. The Labute approximate surface area is 103 Å². The second kappa shape index (κ2) is 6.38. The summed E-state index contributed by atoms with van der Waals surface area (Å²) < 4.78 is 0. The highest BCUT2D eigenvalue weighted by Gasteiger charge is 2.16. The number of aliphatic hydroxyl groups is 1. The summed E-state index contributed by atoms with van der Waals surface area (Å²) in [6, 6.07) is 2.64. The van der Waals surface area contributed by atoms with Gasteiger partial charge in [-0.25, -0.2) is 0 Å². The van der Waals surface area contributed by atoms with Crippen molar-refractivity contribution in [2.75, 3.05) is 6.61 Å². The van der Waals surface area contributed by atoms with Crippen molar-refractivity contribution in [2.45, 2.75) is 46.2 Å². The zero-order valence-corrected chi connectivity index (χ0v) is 11.5. The molecule has 0 spiro atoms. The predicted octanol–water partition coefficient (Wildman–Crippen LogP) is 3.11. The van der Waals surface area contributed by atoms with Gasteiger partial charge in [0, 0.05) is 10.9 Å². The quantitative estimate of drug-likeness (QED) is 0.802. The van der Waals surface area contributed by atoms with Crippen LogP contribution in [0.2, 0.25) is 0 Å². The Bertz CT molecular complexity index is 309. The minimum absolute atomic E-state index is 0.0914. The molecule has 0 saturated carbocycles. The van der Waals surface area contributed by atoms with Gasteiger partial charge >= 0.3 is 0 Å². The fourth-order valence-electron chi connectivity index (χ4n) is 2.07. The maximum absolute atomic E-state index is 9.45. The first-order chi connectivity index (χ1) is 7.54. The molecule has 1 rings (SSSR count). The first-order valence-corrected chi connectivity index (χ1v) is 6.83. The van der Waals surface area contributed by atoms with E-state index in [-0.39, 0.29) is 12.6 Å². The molecule has 2 atom stereocenters. The summed E-state index contributed by atoms with van der Waals surface area (Å²) in [4.78, 5) is 1.26. The Balaban J connectivity index is 2.59. The van der Waals surface area contributed by atoms with Crippen LogP contribution in [-0.2, 0) is 0 Å². The maximum atomic E-state index is 9.45. The lowest BCUT2D eigenvalue weighted by Crippen LogP contribution is -2.33. The molecular weight excluding hydrogens is 218 g/mol. The van der Waals surface area contributed by atoms with Crippen LogP contribution in [0.1, 0.15) is 43.7 Å². The molecule has 2 nitrogen and oxygen atoms in total. The summed E-state index contributed by atoms with van der Waals surface area (Å²) in [6.07, 6.45) is 1.14. The van der Waals surface area contributed by atoms with Crippen LogP contribution < -0.4 is 5.32 Å². The van der Waals surface area contributed by atoms with Crippen molar-refractivity contribution in [1.82, 2.24) is 5.32 Å². The van der Waals surface area contributed by atoms with E-state index in [1.54, 1.807) is 11.3 Å². The minimum Gasteiger partial charge on any atom is -0.394 e. The van der Waals surface area contributed by atoms with E-state index in [4.69, 9.17) is 0 Å². The largest absolute Gasteiger partial charge is 0.394 e. The molecule has 0 amide bonds. The van der Waals surface area contributed by atoms with Crippen molar-refractivity contribution in [3.05, 3.63) is 21.9 Å². The van der Waals surface area contributed by atoms with E-state index in [1.807, 2.05) is 0 Å². The van der Waals surface area contributed by atoms with Crippen LogP contribution in [0, 0.1) is 12.8 Å². The number of aryl methyl sites for hydroxylation is 1. The molecule has 0 saturated heterocycles. The van der Waals surface area contributed by atoms with Crippen LogP contribution in [-0.4, -0.2) is 17.8 Å². The van der Waals surface area contributed by atoms with Crippen molar-refractivity contribution >= 4 is 11.3 Å². The first-order valence-electron chi connectivity index (χ1n) is 5.95. The van der Waals surface area contributed by atoms with Gasteiger partial charge in [-0.1, -0.05) is 13.8 Å². The van der Waals surface area contributed by atoms with Gasteiger partial charge in [-0.15, -0.1) is 11.3 Å². The molecule has 0 bridgehead atoms. The second-order valence-corrected chi connectivity index (χ2v) is 5.85. The standard InChI is InChI=1S/C13H23NOS/c1-9(2)7-11(4)14-12(8-15)13-10(3)5-6-16-13/h5-6,9,11-12,14-15H,7-8H2,1-4H3. The van der Waals surface area contributed by atoms with Crippen LogP contribution >= 0.6 is 11.3 Å².